The molecule has 3 N–H and O–H groups in total. The van der Waals surface area contributed by atoms with E-state index in [1.165, 1.54) is 4.90 Å². The number of oxazole rings is 1. The van der Waals surface area contributed by atoms with Crippen molar-refractivity contribution in [3.05, 3.63) is 63.3 Å². The standard InChI is InChI=1S/C34H46N6O9/c1-19(2)27(29(44)31-35-21-11-8-9-13-23(21)48-31)37-30(45)22-12-10-15-39(22)32(46)28(20(3)4)36-24(41)17-38-16-14-25(42)40(33(38)47)18-26(43)49-34(5,6)7/h8-9,11,13-14,16,19-20,22,27-29,44H,10,12,15,17-18H2,1-7H3,(H,36,41)(H,37,45)/t22-,27-,28-,29?/m0/s1. The minimum absolute atomic E-state index is 0.0708. The van der Waals surface area contributed by atoms with E-state index >= 15 is 0 Å². The molecule has 0 aliphatic carbocycles. The quantitative estimate of drug-likeness (QED) is 0.236. The molecule has 1 fully saturated rings. The minimum atomic E-state index is -1.24. The molecule has 49 heavy (non-hydrogen) atoms. The topological polar surface area (TPSA) is 195 Å². The number of amides is 3. The summed E-state index contributed by atoms with van der Waals surface area (Å²) in [7, 11) is 0. The molecule has 2 aromatic heterocycles. The zero-order valence-corrected chi connectivity index (χ0v) is 29.0. The predicted molar refractivity (Wildman–Crippen MR) is 178 cm³/mol. The molecule has 4 rings (SSSR count). The number of benzene rings is 1. The third-order valence-corrected chi connectivity index (χ3v) is 8.18. The largest absolute Gasteiger partial charge is 0.459 e. The van der Waals surface area contributed by atoms with Gasteiger partial charge in [0.15, 0.2) is 11.7 Å². The van der Waals surface area contributed by atoms with Crippen LogP contribution in [0, 0.1) is 11.8 Å². The van der Waals surface area contributed by atoms with Crippen molar-refractivity contribution in [1.82, 2.24) is 29.7 Å². The Morgan fingerprint density at radius 1 is 1.02 bits per heavy atom. The van der Waals surface area contributed by atoms with E-state index in [1.807, 2.05) is 13.8 Å². The molecule has 1 aromatic carbocycles. The van der Waals surface area contributed by atoms with Gasteiger partial charge in [-0.2, -0.15) is 0 Å². The zero-order valence-electron chi connectivity index (χ0n) is 29.0. The SMILES string of the molecule is CC(C)[C@H](NC(=O)[C@@H]1CCCN1C(=O)[C@@H](NC(=O)Cn1ccc(=O)n(CC(=O)OC(C)(C)C)c1=O)C(C)C)C(O)c1nc2ccccc2o1. The lowest BCUT2D eigenvalue weighted by Gasteiger charge is -2.32. The number of esters is 1. The summed E-state index contributed by atoms with van der Waals surface area (Å²) in [6, 6.07) is 5.50. The Bertz CT molecular complexity index is 1770. The molecule has 3 amide bonds. The van der Waals surface area contributed by atoms with Crippen molar-refractivity contribution in [3.63, 3.8) is 0 Å². The highest BCUT2D eigenvalue weighted by molar-refractivity contribution is 5.93. The first-order valence-corrected chi connectivity index (χ1v) is 16.4. The fourth-order valence-electron chi connectivity index (χ4n) is 5.74. The summed E-state index contributed by atoms with van der Waals surface area (Å²) in [4.78, 5) is 84.1. The lowest BCUT2D eigenvalue weighted by molar-refractivity contribution is -0.155. The van der Waals surface area contributed by atoms with Crippen LogP contribution >= 0.6 is 0 Å². The molecule has 0 bridgehead atoms. The van der Waals surface area contributed by atoms with Gasteiger partial charge in [-0.25, -0.2) is 14.3 Å². The molecule has 0 radical (unpaired) electrons. The summed E-state index contributed by atoms with van der Waals surface area (Å²) in [5, 5.41) is 16.8. The number of ether oxygens (including phenoxy) is 1. The number of hydrogen-bond acceptors (Lipinski definition) is 10. The number of carbonyl (C=O) groups excluding carboxylic acids is 4. The van der Waals surface area contributed by atoms with Gasteiger partial charge in [0.2, 0.25) is 23.6 Å². The van der Waals surface area contributed by atoms with Gasteiger partial charge in [0.25, 0.3) is 5.56 Å². The van der Waals surface area contributed by atoms with Crippen LogP contribution in [0.1, 0.15) is 73.3 Å². The maximum absolute atomic E-state index is 13.9. The lowest BCUT2D eigenvalue weighted by Crippen LogP contribution is -2.57. The van der Waals surface area contributed by atoms with Crippen LogP contribution in [0.2, 0.25) is 0 Å². The molecule has 1 unspecified atom stereocenters. The van der Waals surface area contributed by atoms with Crippen molar-refractivity contribution >= 4 is 34.8 Å². The second-order valence-corrected chi connectivity index (χ2v) is 14.0. The van der Waals surface area contributed by atoms with Crippen molar-refractivity contribution in [1.29, 1.82) is 0 Å². The first-order valence-electron chi connectivity index (χ1n) is 16.4. The molecular weight excluding hydrogens is 636 g/mol. The van der Waals surface area contributed by atoms with Gasteiger partial charge in [0.1, 0.15) is 36.3 Å². The first-order chi connectivity index (χ1) is 23.0. The smallest absolute Gasteiger partial charge is 0.331 e. The molecule has 0 saturated carbocycles. The number of nitrogens with one attached hydrogen (secondary N) is 2. The monoisotopic (exact) mass is 682 g/mol. The second kappa shape index (κ2) is 15.2. The van der Waals surface area contributed by atoms with Crippen LogP contribution in [0.4, 0.5) is 0 Å². The van der Waals surface area contributed by atoms with E-state index in [-0.39, 0.29) is 24.3 Å². The van der Waals surface area contributed by atoms with Gasteiger partial charge in [-0.15, -0.1) is 0 Å². The summed E-state index contributed by atoms with van der Waals surface area (Å²) in [5.74, 6) is -2.92. The highest BCUT2D eigenvalue weighted by atomic mass is 16.6. The molecule has 4 atom stereocenters. The maximum atomic E-state index is 13.9. The van der Waals surface area contributed by atoms with Crippen LogP contribution in [0.5, 0.6) is 0 Å². The lowest BCUT2D eigenvalue weighted by atomic mass is 9.97. The van der Waals surface area contributed by atoms with Crippen LogP contribution in [-0.2, 0) is 37.0 Å². The van der Waals surface area contributed by atoms with Gasteiger partial charge >= 0.3 is 11.7 Å². The number of aromatic nitrogens is 3. The maximum Gasteiger partial charge on any atom is 0.331 e. The van der Waals surface area contributed by atoms with Gasteiger partial charge in [-0.3, -0.25) is 28.5 Å². The summed E-state index contributed by atoms with van der Waals surface area (Å²) >= 11 is 0. The average Bonchev–Trinajstić information content (AvgIpc) is 3.68. The molecule has 1 aliphatic rings. The summed E-state index contributed by atoms with van der Waals surface area (Å²) in [6.07, 6.45) is 0.835. The first kappa shape index (κ1) is 37.0. The number of aliphatic hydroxyl groups excluding tert-OH is 1. The third kappa shape index (κ3) is 9.02. The number of aliphatic hydroxyl groups is 1. The van der Waals surface area contributed by atoms with E-state index in [1.54, 1.807) is 58.9 Å². The number of nitrogens with zero attached hydrogens (tertiary/aromatic N) is 4. The minimum Gasteiger partial charge on any atom is -0.459 e. The fraction of sp³-hybridized carbons (Fsp3) is 0.559. The van der Waals surface area contributed by atoms with Crippen molar-refractivity contribution in [3.8, 4) is 0 Å². The molecule has 1 saturated heterocycles. The van der Waals surface area contributed by atoms with Crippen molar-refractivity contribution in [2.45, 2.75) is 104 Å². The summed E-state index contributed by atoms with van der Waals surface area (Å²) in [5.41, 5.74) is -1.37. The normalized spacial score (nSPS) is 16.9. The average molecular weight is 683 g/mol. The Labute approximate surface area is 283 Å². The summed E-state index contributed by atoms with van der Waals surface area (Å²) in [6.45, 7) is 11.2. The Morgan fingerprint density at radius 3 is 2.35 bits per heavy atom. The van der Waals surface area contributed by atoms with Gasteiger partial charge in [0, 0.05) is 18.8 Å². The fourth-order valence-corrected chi connectivity index (χ4v) is 5.74. The molecule has 3 heterocycles. The summed E-state index contributed by atoms with van der Waals surface area (Å²) < 4.78 is 12.6. The number of carbonyl (C=O) groups is 4. The van der Waals surface area contributed by atoms with E-state index in [0.717, 1.165) is 16.8 Å². The van der Waals surface area contributed by atoms with Crippen molar-refractivity contribution in [2.75, 3.05) is 6.54 Å². The Hall–Kier alpha value is -4.79. The van der Waals surface area contributed by atoms with Crippen LogP contribution < -0.4 is 21.9 Å². The zero-order chi connectivity index (χ0) is 36.2. The number of rotatable bonds is 12. The Morgan fingerprint density at radius 2 is 1.71 bits per heavy atom. The molecule has 266 valence electrons. The van der Waals surface area contributed by atoms with Gasteiger partial charge in [-0.05, 0) is 57.6 Å². The van der Waals surface area contributed by atoms with Crippen LogP contribution in [0.25, 0.3) is 11.1 Å². The van der Waals surface area contributed by atoms with Crippen LogP contribution in [0.15, 0.2) is 50.5 Å². The van der Waals surface area contributed by atoms with Gasteiger partial charge < -0.3 is 29.8 Å². The third-order valence-electron chi connectivity index (χ3n) is 8.18. The van der Waals surface area contributed by atoms with Gasteiger partial charge in [-0.1, -0.05) is 39.8 Å². The van der Waals surface area contributed by atoms with Crippen LogP contribution in [0.3, 0.4) is 0 Å². The number of hydrogen-bond donors (Lipinski definition) is 3. The number of fused-ring (bicyclic) bond motifs is 1. The van der Waals surface area contributed by atoms with E-state index in [2.05, 4.69) is 15.6 Å². The number of para-hydroxylation sites is 2. The molecule has 0 spiro atoms. The predicted octanol–water partition coefficient (Wildman–Crippen LogP) is 1.50. The molecule has 3 aromatic rings. The van der Waals surface area contributed by atoms with E-state index in [9.17, 15) is 33.9 Å². The van der Waals surface area contributed by atoms with E-state index in [0.29, 0.717) is 28.5 Å². The van der Waals surface area contributed by atoms with E-state index in [4.69, 9.17) is 9.15 Å². The van der Waals surface area contributed by atoms with Crippen molar-refractivity contribution in [2.24, 2.45) is 11.8 Å². The number of likely N-dealkylation sites (tertiary alicyclic amines) is 1. The van der Waals surface area contributed by atoms with Crippen molar-refractivity contribution < 1.29 is 33.4 Å². The Kier molecular flexibility index (Phi) is 11.5. The van der Waals surface area contributed by atoms with E-state index < -0.39 is 77.9 Å². The van der Waals surface area contributed by atoms with Crippen LogP contribution in [-0.4, -0.2) is 78.1 Å². The molecule has 15 nitrogen and oxygen atoms in total. The highest BCUT2D eigenvalue weighted by Crippen LogP contribution is 2.27. The second-order valence-electron chi connectivity index (χ2n) is 14.0. The highest BCUT2D eigenvalue weighted by Gasteiger charge is 2.40. The molecular formula is C34H46N6O9. The molecule has 1 aliphatic heterocycles. The van der Waals surface area contributed by atoms with Gasteiger partial charge in [0.05, 0.1) is 6.04 Å². The molecule has 15 heteroatoms. The Balaban J connectivity index is 1.45.